The quantitative estimate of drug-likeness (QED) is 0.776. The van der Waals surface area contributed by atoms with Crippen LogP contribution in [-0.4, -0.2) is 32.1 Å². The Kier molecular flexibility index (Phi) is 6.69. The molecule has 19 heavy (non-hydrogen) atoms. The summed E-state index contributed by atoms with van der Waals surface area (Å²) in [6, 6.07) is 0. The summed E-state index contributed by atoms with van der Waals surface area (Å²) in [7, 11) is -1.35. The van der Waals surface area contributed by atoms with Crippen LogP contribution in [0.15, 0.2) is 4.52 Å². The maximum atomic E-state index is 12.0. The minimum absolute atomic E-state index is 0.122. The molecule has 0 spiro atoms. The van der Waals surface area contributed by atoms with Crippen LogP contribution in [0.4, 0.5) is 0 Å². The first-order valence-electron chi connectivity index (χ1n) is 6.54. The molecule has 1 aromatic heterocycles. The summed E-state index contributed by atoms with van der Waals surface area (Å²) in [6.45, 7) is 6.23. The lowest BCUT2D eigenvalue weighted by atomic mass is 10.3. The summed E-state index contributed by atoms with van der Waals surface area (Å²) in [6.07, 6.45) is 2.52. The minimum atomic E-state index is -1.35. The van der Waals surface area contributed by atoms with Gasteiger partial charge in [0.05, 0.1) is 0 Å². The lowest BCUT2D eigenvalue weighted by Gasteiger charge is -2.10. The number of amides is 1. The average Bonchev–Trinajstić information content (AvgIpc) is 2.82. The van der Waals surface area contributed by atoms with E-state index < -0.39 is 16.0 Å². The molecule has 0 saturated heterocycles. The van der Waals surface area contributed by atoms with Gasteiger partial charge in [-0.3, -0.25) is 9.00 Å². The second-order valence-electron chi connectivity index (χ2n) is 4.31. The van der Waals surface area contributed by atoms with Crippen LogP contribution in [0.1, 0.15) is 45.3 Å². The molecule has 1 N–H and O–H groups in total. The molecule has 0 unspecified atom stereocenters. The standard InChI is InChI=1S/C12H21N3O3S/c1-4-6-10-14-11(18-15-10)8-19(17)9(3)12(16)13-7-5-2/h9H,4-8H2,1-3H3,(H,13,16)/t9-,19+/m1/s1. The van der Waals surface area contributed by atoms with Crippen LogP contribution < -0.4 is 5.32 Å². The highest BCUT2D eigenvalue weighted by molar-refractivity contribution is 7.85. The molecule has 6 nitrogen and oxygen atoms in total. The Labute approximate surface area is 115 Å². The normalized spacial score (nSPS) is 14.1. The lowest BCUT2D eigenvalue weighted by molar-refractivity contribution is -0.120. The zero-order chi connectivity index (χ0) is 14.3. The van der Waals surface area contributed by atoms with Gasteiger partial charge in [0.15, 0.2) is 5.82 Å². The highest BCUT2D eigenvalue weighted by Crippen LogP contribution is 2.07. The molecule has 1 heterocycles. The molecule has 7 heteroatoms. The third-order valence-corrected chi connectivity index (χ3v) is 4.10. The van der Waals surface area contributed by atoms with Crippen LogP contribution in [0.3, 0.4) is 0 Å². The molecule has 0 aromatic carbocycles. The fraction of sp³-hybridized carbons (Fsp3) is 0.750. The van der Waals surface area contributed by atoms with E-state index in [1.54, 1.807) is 6.92 Å². The van der Waals surface area contributed by atoms with Crippen molar-refractivity contribution in [2.24, 2.45) is 0 Å². The maximum Gasteiger partial charge on any atom is 0.239 e. The maximum absolute atomic E-state index is 12.0. The van der Waals surface area contributed by atoms with E-state index in [1.807, 2.05) is 13.8 Å². The van der Waals surface area contributed by atoms with Crippen molar-refractivity contribution < 1.29 is 13.5 Å². The van der Waals surface area contributed by atoms with Gasteiger partial charge in [0.2, 0.25) is 11.8 Å². The minimum Gasteiger partial charge on any atom is -0.355 e. The Hall–Kier alpha value is -1.24. The fourth-order valence-electron chi connectivity index (χ4n) is 1.43. The molecule has 0 fully saturated rings. The van der Waals surface area contributed by atoms with Crippen LogP contribution in [0.25, 0.3) is 0 Å². The first-order chi connectivity index (χ1) is 9.08. The predicted octanol–water partition coefficient (Wildman–Crippen LogP) is 1.19. The van der Waals surface area contributed by atoms with Crippen LogP contribution in [0.2, 0.25) is 0 Å². The van der Waals surface area contributed by atoms with Gasteiger partial charge < -0.3 is 9.84 Å². The van der Waals surface area contributed by atoms with Gasteiger partial charge in [0, 0.05) is 23.8 Å². The molecular formula is C12H21N3O3S. The molecule has 1 amide bonds. The number of nitrogens with zero attached hydrogens (tertiary/aromatic N) is 2. The molecule has 1 aromatic rings. The monoisotopic (exact) mass is 287 g/mol. The van der Waals surface area contributed by atoms with Crippen LogP contribution in [0, 0.1) is 0 Å². The Morgan fingerprint density at radius 3 is 2.79 bits per heavy atom. The van der Waals surface area contributed by atoms with Crippen LogP contribution >= 0.6 is 0 Å². The van der Waals surface area contributed by atoms with Gasteiger partial charge in [0.1, 0.15) is 11.0 Å². The van der Waals surface area contributed by atoms with Crippen LogP contribution in [0.5, 0.6) is 0 Å². The van der Waals surface area contributed by atoms with Crippen molar-refractivity contribution in [3.8, 4) is 0 Å². The van der Waals surface area contributed by atoms with Crippen molar-refractivity contribution in [2.45, 2.75) is 51.0 Å². The summed E-state index contributed by atoms with van der Waals surface area (Å²) >= 11 is 0. The number of aryl methyl sites for hydroxylation is 1. The Morgan fingerprint density at radius 2 is 2.16 bits per heavy atom. The van der Waals surface area contributed by atoms with Crippen molar-refractivity contribution in [3.63, 3.8) is 0 Å². The molecule has 0 aliphatic rings. The summed E-state index contributed by atoms with van der Waals surface area (Å²) in [5.41, 5.74) is 0. The summed E-state index contributed by atoms with van der Waals surface area (Å²) in [5, 5.41) is 5.94. The molecule has 0 aliphatic carbocycles. The van der Waals surface area contributed by atoms with E-state index in [-0.39, 0.29) is 11.7 Å². The zero-order valence-electron chi connectivity index (χ0n) is 11.6. The second kappa shape index (κ2) is 8.04. The fourth-order valence-corrected chi connectivity index (χ4v) is 2.36. The third kappa shape index (κ3) is 5.10. The molecule has 0 aliphatic heterocycles. The number of carbonyl (C=O) groups excluding carboxylic acids is 1. The van der Waals surface area contributed by atoms with E-state index in [4.69, 9.17) is 4.52 Å². The average molecular weight is 287 g/mol. The lowest BCUT2D eigenvalue weighted by Crippen LogP contribution is -2.36. The molecule has 0 saturated carbocycles. The van der Waals surface area contributed by atoms with Crippen molar-refractivity contribution >= 4 is 16.7 Å². The molecule has 1 rings (SSSR count). The topological polar surface area (TPSA) is 85.1 Å². The van der Waals surface area contributed by atoms with E-state index in [1.165, 1.54) is 0 Å². The Balaban J connectivity index is 2.50. The third-order valence-electron chi connectivity index (χ3n) is 2.56. The number of aromatic nitrogens is 2. The Morgan fingerprint density at radius 1 is 1.42 bits per heavy atom. The Bertz CT molecular complexity index is 434. The molecular weight excluding hydrogens is 266 g/mol. The molecule has 2 atom stereocenters. The predicted molar refractivity (Wildman–Crippen MR) is 72.9 cm³/mol. The summed E-state index contributed by atoms with van der Waals surface area (Å²) < 4.78 is 17.0. The van der Waals surface area contributed by atoms with Gasteiger partial charge in [-0.1, -0.05) is 19.0 Å². The number of rotatable bonds is 8. The van der Waals surface area contributed by atoms with E-state index in [9.17, 15) is 9.00 Å². The first kappa shape index (κ1) is 15.8. The van der Waals surface area contributed by atoms with Gasteiger partial charge in [0.25, 0.3) is 0 Å². The number of hydrogen-bond donors (Lipinski definition) is 1. The smallest absolute Gasteiger partial charge is 0.239 e. The zero-order valence-corrected chi connectivity index (χ0v) is 12.5. The first-order valence-corrected chi connectivity index (χ1v) is 7.93. The summed E-state index contributed by atoms with van der Waals surface area (Å²) in [4.78, 5) is 15.8. The van der Waals surface area contributed by atoms with E-state index in [0.29, 0.717) is 18.3 Å². The van der Waals surface area contributed by atoms with Gasteiger partial charge in [-0.25, -0.2) is 0 Å². The van der Waals surface area contributed by atoms with Crippen molar-refractivity contribution in [3.05, 3.63) is 11.7 Å². The van der Waals surface area contributed by atoms with Gasteiger partial charge in [-0.05, 0) is 19.8 Å². The number of carbonyl (C=O) groups is 1. The summed E-state index contributed by atoms with van der Waals surface area (Å²) in [5.74, 6) is 0.875. The van der Waals surface area contributed by atoms with Gasteiger partial charge in [-0.15, -0.1) is 0 Å². The van der Waals surface area contributed by atoms with Gasteiger partial charge in [-0.2, -0.15) is 4.98 Å². The van der Waals surface area contributed by atoms with E-state index >= 15 is 0 Å². The number of nitrogens with one attached hydrogen (secondary N) is 1. The van der Waals surface area contributed by atoms with E-state index in [2.05, 4.69) is 15.5 Å². The van der Waals surface area contributed by atoms with Crippen LogP contribution in [-0.2, 0) is 27.8 Å². The van der Waals surface area contributed by atoms with E-state index in [0.717, 1.165) is 19.3 Å². The molecule has 0 radical (unpaired) electrons. The molecule has 108 valence electrons. The largest absolute Gasteiger partial charge is 0.355 e. The number of hydrogen-bond acceptors (Lipinski definition) is 5. The van der Waals surface area contributed by atoms with Gasteiger partial charge >= 0.3 is 0 Å². The highest BCUT2D eigenvalue weighted by atomic mass is 32.2. The SMILES string of the molecule is CCCNC(=O)[C@@H](C)[S@@](=O)Cc1nc(CCC)no1. The van der Waals surface area contributed by atoms with Crippen molar-refractivity contribution in [1.29, 1.82) is 0 Å². The molecule has 0 bridgehead atoms. The van der Waals surface area contributed by atoms with Crippen molar-refractivity contribution in [2.75, 3.05) is 6.54 Å². The second-order valence-corrected chi connectivity index (χ2v) is 6.07. The van der Waals surface area contributed by atoms with Crippen molar-refractivity contribution in [1.82, 2.24) is 15.5 Å². The highest BCUT2D eigenvalue weighted by Gasteiger charge is 2.21.